The number of carbonyl (C=O) groups is 1. The number of rotatable bonds is 8. The van der Waals surface area contributed by atoms with Gasteiger partial charge in [-0.05, 0) is 13.0 Å². The van der Waals surface area contributed by atoms with Crippen molar-refractivity contribution in [1.82, 2.24) is 30.1 Å². The number of aliphatic imine (C=N–C) groups is 1. The minimum Gasteiger partial charge on any atom is -0.379 e. The number of nitrogens with zero attached hydrogens (tertiary/aromatic N) is 6. The highest BCUT2D eigenvalue weighted by molar-refractivity contribution is 5.84. The van der Waals surface area contributed by atoms with Crippen molar-refractivity contribution in [2.24, 2.45) is 4.99 Å². The molecule has 3 heterocycles. The molecular formula is C20H35N7O3. The van der Waals surface area contributed by atoms with E-state index in [-0.39, 0.29) is 12.5 Å². The van der Waals surface area contributed by atoms with Crippen LogP contribution in [0.1, 0.15) is 12.1 Å². The number of guanidine groups is 1. The summed E-state index contributed by atoms with van der Waals surface area (Å²) in [6.07, 6.45) is 2.64. The van der Waals surface area contributed by atoms with E-state index < -0.39 is 0 Å². The Morgan fingerprint density at radius 3 is 2.60 bits per heavy atom. The fourth-order valence-corrected chi connectivity index (χ4v) is 3.55. The summed E-state index contributed by atoms with van der Waals surface area (Å²) < 4.78 is 10.3. The highest BCUT2D eigenvalue weighted by Gasteiger charge is 2.21. The number of likely N-dealkylation sites (N-methyl/N-ethyl adjacent to an activating group) is 1. The summed E-state index contributed by atoms with van der Waals surface area (Å²) in [6, 6.07) is 1.90. The lowest BCUT2D eigenvalue weighted by molar-refractivity contribution is -0.127. The Morgan fingerprint density at radius 1 is 1.17 bits per heavy atom. The minimum absolute atomic E-state index is 0.00675. The van der Waals surface area contributed by atoms with Crippen molar-refractivity contribution in [2.75, 3.05) is 86.2 Å². The van der Waals surface area contributed by atoms with Crippen molar-refractivity contribution in [1.29, 1.82) is 0 Å². The Bertz CT molecular complexity index is 651. The molecule has 0 saturated carbocycles. The molecule has 2 fully saturated rings. The van der Waals surface area contributed by atoms with Crippen molar-refractivity contribution in [3.05, 3.63) is 18.0 Å². The van der Waals surface area contributed by atoms with Crippen LogP contribution in [-0.2, 0) is 16.1 Å². The van der Waals surface area contributed by atoms with Crippen molar-refractivity contribution in [2.45, 2.75) is 13.0 Å². The third-order valence-electron chi connectivity index (χ3n) is 5.45. The van der Waals surface area contributed by atoms with Crippen molar-refractivity contribution >= 4 is 11.9 Å². The molecule has 0 unspecified atom stereocenters. The van der Waals surface area contributed by atoms with E-state index in [4.69, 9.17) is 9.26 Å². The first-order valence-corrected chi connectivity index (χ1v) is 10.8. The van der Waals surface area contributed by atoms with Crippen LogP contribution < -0.4 is 5.32 Å². The van der Waals surface area contributed by atoms with E-state index in [1.807, 2.05) is 6.07 Å². The smallest absolute Gasteiger partial charge is 0.243 e. The Kier molecular flexibility index (Phi) is 8.91. The number of hydrogen-bond acceptors (Lipinski definition) is 7. The minimum atomic E-state index is 0.00675. The molecule has 1 N–H and O–H groups in total. The van der Waals surface area contributed by atoms with E-state index in [1.165, 1.54) is 0 Å². The number of aromatic nitrogens is 1. The second-order valence-corrected chi connectivity index (χ2v) is 7.92. The largest absolute Gasteiger partial charge is 0.379 e. The highest BCUT2D eigenvalue weighted by atomic mass is 16.5. The Hall–Kier alpha value is -2.17. The number of morpholine rings is 1. The number of ether oxygens (including phenoxy) is 1. The summed E-state index contributed by atoms with van der Waals surface area (Å²) in [4.78, 5) is 25.3. The molecule has 0 bridgehead atoms. The average Bonchev–Trinajstić information content (AvgIpc) is 3.27. The Labute approximate surface area is 178 Å². The molecule has 10 heteroatoms. The van der Waals surface area contributed by atoms with Gasteiger partial charge in [-0.3, -0.25) is 14.6 Å². The maximum Gasteiger partial charge on any atom is 0.243 e. The number of carbonyl (C=O) groups excluding carboxylic acids is 1. The Morgan fingerprint density at radius 2 is 1.93 bits per heavy atom. The van der Waals surface area contributed by atoms with Crippen molar-refractivity contribution < 1.29 is 14.1 Å². The lowest BCUT2D eigenvalue weighted by atomic mass is 10.3. The second kappa shape index (κ2) is 11.9. The van der Waals surface area contributed by atoms with Gasteiger partial charge in [-0.25, -0.2) is 4.99 Å². The van der Waals surface area contributed by atoms with Gasteiger partial charge >= 0.3 is 0 Å². The number of nitrogens with one attached hydrogen (secondary N) is 1. The number of hydrogen-bond donors (Lipinski definition) is 1. The summed E-state index contributed by atoms with van der Waals surface area (Å²) in [7, 11) is 3.52. The highest BCUT2D eigenvalue weighted by Crippen LogP contribution is 2.07. The van der Waals surface area contributed by atoms with Crippen LogP contribution in [0.3, 0.4) is 0 Å². The van der Waals surface area contributed by atoms with E-state index >= 15 is 0 Å². The van der Waals surface area contributed by atoms with Gasteiger partial charge in [0.05, 0.1) is 18.9 Å². The van der Waals surface area contributed by atoms with Gasteiger partial charge in [0.25, 0.3) is 0 Å². The quantitative estimate of drug-likeness (QED) is 0.343. The normalized spacial score (nSPS) is 19.1. The van der Waals surface area contributed by atoms with Crippen LogP contribution in [0.2, 0.25) is 0 Å². The standard InChI is InChI=1S/C20H35N7O3/c1-24(2)19(28)16-22-20(21-5-3-6-25-11-14-29-15-12-25)27-9-7-26(8-10-27)17-18-4-13-30-23-18/h4,13H,3,5-12,14-17H2,1-2H3,(H,21,22). The molecule has 0 aliphatic carbocycles. The lowest BCUT2D eigenvalue weighted by Gasteiger charge is -2.36. The van der Waals surface area contributed by atoms with Crippen LogP contribution in [0.25, 0.3) is 0 Å². The third kappa shape index (κ3) is 7.26. The molecule has 1 aromatic rings. The number of amides is 1. The zero-order chi connectivity index (χ0) is 21.2. The molecule has 168 valence electrons. The van der Waals surface area contributed by atoms with Gasteiger partial charge < -0.3 is 24.4 Å². The van der Waals surface area contributed by atoms with Gasteiger partial charge in [-0.2, -0.15) is 0 Å². The molecule has 2 saturated heterocycles. The average molecular weight is 422 g/mol. The van der Waals surface area contributed by atoms with Gasteiger partial charge in [-0.1, -0.05) is 5.16 Å². The molecule has 10 nitrogen and oxygen atoms in total. The SMILES string of the molecule is CN(C)C(=O)CN=C(NCCCN1CCOCC1)N1CCN(Cc2ccon2)CC1. The van der Waals surface area contributed by atoms with Crippen LogP contribution >= 0.6 is 0 Å². The van der Waals surface area contributed by atoms with Crippen LogP contribution in [0, 0.1) is 0 Å². The van der Waals surface area contributed by atoms with Crippen molar-refractivity contribution in [3.63, 3.8) is 0 Å². The topological polar surface area (TPSA) is 89.7 Å². The summed E-state index contributed by atoms with van der Waals surface area (Å²) in [6.45, 7) is 10.1. The first-order chi connectivity index (χ1) is 14.6. The molecule has 30 heavy (non-hydrogen) atoms. The van der Waals surface area contributed by atoms with Crippen molar-refractivity contribution in [3.8, 4) is 0 Å². The number of piperazine rings is 1. The van der Waals surface area contributed by atoms with Gasteiger partial charge in [0.1, 0.15) is 12.8 Å². The van der Waals surface area contributed by atoms with E-state index in [0.29, 0.717) is 0 Å². The van der Waals surface area contributed by atoms with Crippen LogP contribution in [0.5, 0.6) is 0 Å². The summed E-state index contributed by atoms with van der Waals surface area (Å²) in [5, 5.41) is 7.48. The van der Waals surface area contributed by atoms with E-state index in [1.54, 1.807) is 25.3 Å². The summed E-state index contributed by atoms with van der Waals surface area (Å²) in [5.41, 5.74) is 0.954. The van der Waals surface area contributed by atoms with Gasteiger partial charge in [0.15, 0.2) is 5.96 Å². The summed E-state index contributed by atoms with van der Waals surface area (Å²) in [5.74, 6) is 0.834. The molecular weight excluding hydrogens is 386 g/mol. The first-order valence-electron chi connectivity index (χ1n) is 10.8. The molecule has 0 aromatic carbocycles. The first kappa shape index (κ1) is 22.5. The van der Waals surface area contributed by atoms with Crippen LogP contribution in [0.4, 0.5) is 0 Å². The summed E-state index contributed by atoms with van der Waals surface area (Å²) >= 11 is 0. The molecule has 2 aliphatic rings. The van der Waals surface area contributed by atoms with Gasteiger partial charge in [0, 0.05) is 72.5 Å². The predicted octanol–water partition coefficient (Wildman–Crippen LogP) is -0.452. The molecule has 2 aliphatic heterocycles. The third-order valence-corrected chi connectivity index (χ3v) is 5.45. The molecule has 0 radical (unpaired) electrons. The molecule has 1 amide bonds. The lowest BCUT2D eigenvalue weighted by Crippen LogP contribution is -2.52. The molecule has 1 aromatic heterocycles. The van der Waals surface area contributed by atoms with Crippen LogP contribution in [0.15, 0.2) is 21.8 Å². The predicted molar refractivity (Wildman–Crippen MR) is 114 cm³/mol. The molecule has 0 spiro atoms. The van der Waals surface area contributed by atoms with E-state index in [2.05, 4.69) is 30.2 Å². The van der Waals surface area contributed by atoms with E-state index in [0.717, 1.165) is 90.2 Å². The van der Waals surface area contributed by atoms with E-state index in [9.17, 15) is 4.79 Å². The maximum absolute atomic E-state index is 12.0. The fraction of sp³-hybridized carbons (Fsp3) is 0.750. The zero-order valence-electron chi connectivity index (χ0n) is 18.3. The maximum atomic E-state index is 12.0. The Balaban J connectivity index is 1.47. The van der Waals surface area contributed by atoms with Gasteiger partial charge in [-0.15, -0.1) is 0 Å². The second-order valence-electron chi connectivity index (χ2n) is 7.92. The molecule has 0 atom stereocenters. The van der Waals surface area contributed by atoms with Crippen LogP contribution in [-0.4, -0.2) is 123 Å². The zero-order valence-corrected chi connectivity index (χ0v) is 18.3. The monoisotopic (exact) mass is 421 g/mol. The molecule has 3 rings (SSSR count). The van der Waals surface area contributed by atoms with Gasteiger partial charge in [0.2, 0.25) is 5.91 Å². The fourth-order valence-electron chi connectivity index (χ4n) is 3.55.